The van der Waals surface area contributed by atoms with Crippen LogP contribution in [0.1, 0.15) is 28.7 Å². The third-order valence-electron chi connectivity index (χ3n) is 2.65. The van der Waals surface area contributed by atoms with Crippen LogP contribution in [0.4, 0.5) is 5.69 Å². The Labute approximate surface area is 110 Å². The average molecular weight is 261 g/mol. The SMILES string of the molecule is CCOC(=O)c1noc(-c2cc(C)cc(C)c2N)n1. The third-order valence-corrected chi connectivity index (χ3v) is 2.65. The zero-order valence-electron chi connectivity index (χ0n) is 11.1. The van der Waals surface area contributed by atoms with E-state index in [1.54, 1.807) is 6.92 Å². The summed E-state index contributed by atoms with van der Waals surface area (Å²) in [5, 5.41) is 3.60. The Hall–Kier alpha value is -2.37. The van der Waals surface area contributed by atoms with Gasteiger partial charge in [-0.2, -0.15) is 4.98 Å². The summed E-state index contributed by atoms with van der Waals surface area (Å²) >= 11 is 0. The number of aromatic nitrogens is 2. The van der Waals surface area contributed by atoms with Crippen LogP contribution in [0.3, 0.4) is 0 Å². The Morgan fingerprint density at radius 3 is 2.84 bits per heavy atom. The van der Waals surface area contributed by atoms with E-state index in [1.807, 2.05) is 26.0 Å². The normalized spacial score (nSPS) is 10.5. The van der Waals surface area contributed by atoms with Crippen molar-refractivity contribution >= 4 is 11.7 Å². The number of nitrogens with two attached hydrogens (primary N) is 1. The maximum Gasteiger partial charge on any atom is 0.379 e. The van der Waals surface area contributed by atoms with Gasteiger partial charge < -0.3 is 15.0 Å². The van der Waals surface area contributed by atoms with Gasteiger partial charge in [0.25, 0.3) is 11.7 Å². The fourth-order valence-electron chi connectivity index (χ4n) is 1.77. The highest BCUT2D eigenvalue weighted by Crippen LogP contribution is 2.28. The number of anilines is 1. The highest BCUT2D eigenvalue weighted by Gasteiger charge is 2.18. The van der Waals surface area contributed by atoms with Crippen molar-refractivity contribution in [2.24, 2.45) is 0 Å². The molecule has 0 saturated heterocycles. The molecule has 0 saturated carbocycles. The van der Waals surface area contributed by atoms with Gasteiger partial charge in [0.05, 0.1) is 12.2 Å². The molecule has 0 aliphatic heterocycles. The Morgan fingerprint density at radius 1 is 1.42 bits per heavy atom. The summed E-state index contributed by atoms with van der Waals surface area (Å²) in [7, 11) is 0. The van der Waals surface area contributed by atoms with E-state index in [-0.39, 0.29) is 18.3 Å². The summed E-state index contributed by atoms with van der Waals surface area (Å²) < 4.78 is 9.87. The topological polar surface area (TPSA) is 91.2 Å². The first-order chi connectivity index (χ1) is 9.02. The molecule has 0 fully saturated rings. The van der Waals surface area contributed by atoms with Crippen LogP contribution in [0.5, 0.6) is 0 Å². The molecule has 0 unspecified atom stereocenters. The lowest BCUT2D eigenvalue weighted by Gasteiger charge is -2.06. The van der Waals surface area contributed by atoms with Crippen molar-refractivity contribution in [2.75, 3.05) is 12.3 Å². The van der Waals surface area contributed by atoms with Gasteiger partial charge >= 0.3 is 5.97 Å². The standard InChI is InChI=1S/C13H15N3O3/c1-4-18-13(17)11-15-12(19-16-11)9-6-7(2)5-8(3)10(9)14/h5-6H,4,14H2,1-3H3. The van der Waals surface area contributed by atoms with Crippen LogP contribution in [-0.4, -0.2) is 22.7 Å². The fraction of sp³-hybridized carbons (Fsp3) is 0.308. The molecule has 2 aromatic rings. The van der Waals surface area contributed by atoms with Crippen LogP contribution in [0.15, 0.2) is 16.7 Å². The summed E-state index contributed by atoms with van der Waals surface area (Å²) in [6.45, 7) is 5.81. The Bertz CT molecular complexity index is 620. The lowest BCUT2D eigenvalue weighted by molar-refractivity contribution is 0.0508. The first kappa shape index (κ1) is 13.1. The number of carbonyl (C=O) groups excluding carboxylic acids is 1. The minimum Gasteiger partial charge on any atom is -0.460 e. The third kappa shape index (κ3) is 2.57. The summed E-state index contributed by atoms with van der Waals surface area (Å²) in [5.41, 5.74) is 9.12. The molecular formula is C13H15N3O3. The van der Waals surface area contributed by atoms with Gasteiger partial charge in [0.2, 0.25) is 0 Å². The number of rotatable bonds is 3. The predicted molar refractivity (Wildman–Crippen MR) is 69.6 cm³/mol. The van der Waals surface area contributed by atoms with E-state index < -0.39 is 5.97 Å². The molecule has 0 spiro atoms. The van der Waals surface area contributed by atoms with Crippen LogP contribution in [0, 0.1) is 13.8 Å². The van der Waals surface area contributed by atoms with Crippen LogP contribution in [0.25, 0.3) is 11.5 Å². The Balaban J connectivity index is 2.41. The van der Waals surface area contributed by atoms with Crippen molar-refractivity contribution in [3.8, 4) is 11.5 Å². The molecule has 0 amide bonds. The number of carbonyl (C=O) groups is 1. The van der Waals surface area contributed by atoms with Gasteiger partial charge in [-0.3, -0.25) is 0 Å². The lowest BCUT2D eigenvalue weighted by atomic mass is 10.0. The predicted octanol–water partition coefficient (Wildman–Crippen LogP) is 2.11. The van der Waals surface area contributed by atoms with Gasteiger partial charge in [-0.25, -0.2) is 4.79 Å². The van der Waals surface area contributed by atoms with Gasteiger partial charge in [0.1, 0.15) is 0 Å². The highest BCUT2D eigenvalue weighted by atomic mass is 16.5. The molecule has 1 heterocycles. The van der Waals surface area contributed by atoms with E-state index in [9.17, 15) is 4.79 Å². The van der Waals surface area contributed by atoms with Crippen molar-refractivity contribution in [1.29, 1.82) is 0 Å². The van der Waals surface area contributed by atoms with Gasteiger partial charge in [-0.15, -0.1) is 0 Å². The quantitative estimate of drug-likeness (QED) is 0.672. The van der Waals surface area contributed by atoms with Crippen molar-refractivity contribution in [1.82, 2.24) is 10.1 Å². The molecule has 2 N–H and O–H groups in total. The highest BCUT2D eigenvalue weighted by molar-refractivity contribution is 5.86. The second-order valence-corrected chi connectivity index (χ2v) is 4.19. The largest absolute Gasteiger partial charge is 0.460 e. The molecule has 6 heteroatoms. The number of hydrogen-bond acceptors (Lipinski definition) is 6. The molecule has 1 aromatic carbocycles. The molecule has 19 heavy (non-hydrogen) atoms. The van der Waals surface area contributed by atoms with Crippen LogP contribution < -0.4 is 5.73 Å². The summed E-state index contributed by atoms with van der Waals surface area (Å²) in [4.78, 5) is 15.5. The van der Waals surface area contributed by atoms with Crippen molar-refractivity contribution in [3.05, 3.63) is 29.1 Å². The maximum atomic E-state index is 11.5. The molecule has 0 aliphatic rings. The minimum atomic E-state index is -0.611. The molecule has 6 nitrogen and oxygen atoms in total. The van der Waals surface area contributed by atoms with E-state index in [1.165, 1.54) is 0 Å². The number of nitrogens with zero attached hydrogens (tertiary/aromatic N) is 2. The van der Waals surface area contributed by atoms with Crippen LogP contribution in [-0.2, 0) is 4.74 Å². The number of aryl methyl sites for hydroxylation is 2. The van der Waals surface area contributed by atoms with Gasteiger partial charge in [-0.05, 0) is 43.1 Å². The summed E-state index contributed by atoms with van der Waals surface area (Å²) in [5.74, 6) is -0.497. The Morgan fingerprint density at radius 2 is 2.16 bits per heavy atom. The molecule has 0 bridgehead atoms. The number of hydrogen-bond donors (Lipinski definition) is 1. The molecule has 100 valence electrons. The zero-order valence-corrected chi connectivity index (χ0v) is 11.1. The van der Waals surface area contributed by atoms with Gasteiger partial charge in [-0.1, -0.05) is 6.07 Å². The second kappa shape index (κ2) is 5.09. The van der Waals surface area contributed by atoms with Gasteiger partial charge in [0.15, 0.2) is 0 Å². The van der Waals surface area contributed by atoms with E-state index >= 15 is 0 Å². The second-order valence-electron chi connectivity index (χ2n) is 4.19. The minimum absolute atomic E-state index is 0.101. The van der Waals surface area contributed by atoms with E-state index in [0.717, 1.165) is 11.1 Å². The first-order valence-electron chi connectivity index (χ1n) is 5.90. The van der Waals surface area contributed by atoms with E-state index in [2.05, 4.69) is 10.1 Å². The summed E-state index contributed by atoms with van der Waals surface area (Å²) in [6.07, 6.45) is 0. The Kier molecular flexibility index (Phi) is 3.50. The number of benzene rings is 1. The summed E-state index contributed by atoms with van der Waals surface area (Å²) in [6, 6.07) is 3.80. The molecule has 2 rings (SSSR count). The monoisotopic (exact) mass is 261 g/mol. The molecule has 0 atom stereocenters. The van der Waals surface area contributed by atoms with Crippen molar-refractivity contribution in [2.45, 2.75) is 20.8 Å². The number of nitrogen functional groups attached to an aromatic ring is 1. The molecule has 0 radical (unpaired) electrons. The van der Waals surface area contributed by atoms with Crippen molar-refractivity contribution in [3.63, 3.8) is 0 Å². The van der Waals surface area contributed by atoms with Crippen LogP contribution >= 0.6 is 0 Å². The molecular weight excluding hydrogens is 246 g/mol. The van der Waals surface area contributed by atoms with Crippen LogP contribution in [0.2, 0.25) is 0 Å². The number of ether oxygens (including phenoxy) is 1. The lowest BCUT2D eigenvalue weighted by Crippen LogP contribution is -2.06. The molecule has 1 aromatic heterocycles. The molecule has 0 aliphatic carbocycles. The van der Waals surface area contributed by atoms with Gasteiger partial charge in [0, 0.05) is 5.69 Å². The number of esters is 1. The average Bonchev–Trinajstić information content (AvgIpc) is 2.83. The van der Waals surface area contributed by atoms with E-state index in [4.69, 9.17) is 15.0 Å². The first-order valence-corrected chi connectivity index (χ1v) is 5.90. The smallest absolute Gasteiger partial charge is 0.379 e. The maximum absolute atomic E-state index is 11.5. The van der Waals surface area contributed by atoms with Crippen molar-refractivity contribution < 1.29 is 14.1 Å². The zero-order chi connectivity index (χ0) is 14.0. The van der Waals surface area contributed by atoms with E-state index in [0.29, 0.717) is 11.3 Å². The fourth-order valence-corrected chi connectivity index (χ4v) is 1.77.